The maximum Gasteiger partial charge on any atom is 0.707 e. The number of para-hydroxylation sites is 1. The molecule has 0 atom stereocenters. The SMILES string of the molecule is OB(O)Oc1ccccc1I. The molecule has 0 saturated carbocycles. The van der Waals surface area contributed by atoms with Gasteiger partial charge in [-0.05, 0) is 34.7 Å². The second kappa shape index (κ2) is 3.94. The van der Waals surface area contributed by atoms with Crippen LogP contribution in [0.15, 0.2) is 24.3 Å². The van der Waals surface area contributed by atoms with E-state index in [1.807, 2.05) is 34.7 Å². The standard InChI is InChI=1S/C6H6BIO3/c8-5-3-1-2-4-6(5)11-7(9)10/h1-4,9-10H. The number of hydrogen-bond acceptors (Lipinski definition) is 3. The quantitative estimate of drug-likeness (QED) is 0.608. The van der Waals surface area contributed by atoms with Gasteiger partial charge in [-0.25, -0.2) is 0 Å². The second-order valence-electron chi connectivity index (χ2n) is 1.87. The summed E-state index contributed by atoms with van der Waals surface area (Å²) in [6, 6.07) is 7.09. The van der Waals surface area contributed by atoms with Gasteiger partial charge in [-0.1, -0.05) is 12.1 Å². The molecular weight excluding hydrogens is 258 g/mol. The van der Waals surface area contributed by atoms with E-state index in [-0.39, 0.29) is 0 Å². The summed E-state index contributed by atoms with van der Waals surface area (Å²) >= 11 is 2.05. The van der Waals surface area contributed by atoms with Crippen molar-refractivity contribution in [3.05, 3.63) is 27.8 Å². The van der Waals surface area contributed by atoms with Crippen molar-refractivity contribution < 1.29 is 14.7 Å². The Morgan fingerprint density at radius 2 is 1.91 bits per heavy atom. The molecule has 1 aromatic rings. The molecule has 11 heavy (non-hydrogen) atoms. The highest BCUT2D eigenvalue weighted by Gasteiger charge is 2.12. The molecule has 0 radical (unpaired) electrons. The molecular formula is C6H6BIO3. The van der Waals surface area contributed by atoms with Gasteiger partial charge in [0.05, 0.1) is 3.57 Å². The molecule has 1 rings (SSSR count). The lowest BCUT2D eigenvalue weighted by Gasteiger charge is -2.05. The molecule has 1 aromatic carbocycles. The first-order chi connectivity index (χ1) is 5.20. The fourth-order valence-electron chi connectivity index (χ4n) is 0.654. The van der Waals surface area contributed by atoms with Crippen molar-refractivity contribution in [3.8, 4) is 5.75 Å². The van der Waals surface area contributed by atoms with E-state index in [1.165, 1.54) is 0 Å². The summed E-state index contributed by atoms with van der Waals surface area (Å²) in [5, 5.41) is 16.9. The van der Waals surface area contributed by atoms with Crippen LogP contribution >= 0.6 is 22.6 Å². The van der Waals surface area contributed by atoms with Crippen LogP contribution in [0.25, 0.3) is 0 Å². The van der Waals surface area contributed by atoms with Crippen LogP contribution in [0.1, 0.15) is 0 Å². The molecule has 0 amide bonds. The minimum Gasteiger partial charge on any atom is -0.511 e. The van der Waals surface area contributed by atoms with E-state index in [9.17, 15) is 0 Å². The van der Waals surface area contributed by atoms with Crippen LogP contribution in [0, 0.1) is 3.57 Å². The zero-order valence-electron chi connectivity index (χ0n) is 5.57. The summed E-state index contributed by atoms with van der Waals surface area (Å²) in [7, 11) is -1.74. The first kappa shape index (κ1) is 8.83. The van der Waals surface area contributed by atoms with E-state index in [2.05, 4.69) is 4.65 Å². The van der Waals surface area contributed by atoms with Crippen LogP contribution in [-0.4, -0.2) is 17.4 Å². The fourth-order valence-corrected chi connectivity index (χ4v) is 1.17. The van der Waals surface area contributed by atoms with Crippen LogP contribution in [0.2, 0.25) is 0 Å². The first-order valence-electron chi connectivity index (χ1n) is 2.97. The predicted molar refractivity (Wildman–Crippen MR) is 50.0 cm³/mol. The topological polar surface area (TPSA) is 49.7 Å². The van der Waals surface area contributed by atoms with E-state index in [1.54, 1.807) is 12.1 Å². The minimum absolute atomic E-state index is 0.475. The van der Waals surface area contributed by atoms with E-state index < -0.39 is 7.32 Å². The lowest BCUT2D eigenvalue weighted by molar-refractivity contribution is 0.287. The number of hydrogen-bond donors (Lipinski definition) is 2. The van der Waals surface area contributed by atoms with Gasteiger partial charge in [0.1, 0.15) is 5.75 Å². The van der Waals surface area contributed by atoms with Crippen LogP contribution < -0.4 is 4.65 Å². The molecule has 0 fully saturated rings. The molecule has 0 saturated heterocycles. The van der Waals surface area contributed by atoms with Crippen molar-refractivity contribution in [1.29, 1.82) is 0 Å². The van der Waals surface area contributed by atoms with Gasteiger partial charge in [0.2, 0.25) is 0 Å². The molecule has 0 unspecified atom stereocenters. The largest absolute Gasteiger partial charge is 0.707 e. The van der Waals surface area contributed by atoms with Gasteiger partial charge < -0.3 is 14.7 Å². The van der Waals surface area contributed by atoms with Gasteiger partial charge >= 0.3 is 7.32 Å². The monoisotopic (exact) mass is 264 g/mol. The van der Waals surface area contributed by atoms with Crippen molar-refractivity contribution >= 4 is 29.9 Å². The molecule has 0 heterocycles. The Bertz CT molecular complexity index is 241. The average molecular weight is 264 g/mol. The maximum atomic E-state index is 8.46. The number of halogens is 1. The Balaban J connectivity index is 2.78. The van der Waals surface area contributed by atoms with Gasteiger partial charge in [0.25, 0.3) is 0 Å². The molecule has 0 aliphatic carbocycles. The lowest BCUT2D eigenvalue weighted by atomic mass is 10.2. The molecule has 5 heteroatoms. The van der Waals surface area contributed by atoms with Crippen LogP contribution in [-0.2, 0) is 0 Å². The van der Waals surface area contributed by atoms with Crippen molar-refractivity contribution in [2.45, 2.75) is 0 Å². The van der Waals surface area contributed by atoms with Crippen molar-refractivity contribution in [1.82, 2.24) is 0 Å². The van der Waals surface area contributed by atoms with E-state index in [0.717, 1.165) is 3.57 Å². The first-order valence-corrected chi connectivity index (χ1v) is 4.05. The van der Waals surface area contributed by atoms with Gasteiger partial charge in [-0.15, -0.1) is 0 Å². The smallest absolute Gasteiger partial charge is 0.511 e. The van der Waals surface area contributed by atoms with Crippen molar-refractivity contribution in [2.24, 2.45) is 0 Å². The summed E-state index contributed by atoms with van der Waals surface area (Å²) in [5.41, 5.74) is 0. The van der Waals surface area contributed by atoms with Gasteiger partial charge in [0, 0.05) is 0 Å². The number of benzene rings is 1. The predicted octanol–water partition coefficient (Wildman–Crippen LogP) is 0.640. The highest BCUT2D eigenvalue weighted by atomic mass is 127. The molecule has 0 aromatic heterocycles. The third kappa shape index (κ3) is 2.68. The van der Waals surface area contributed by atoms with Crippen molar-refractivity contribution in [2.75, 3.05) is 0 Å². The molecule has 0 bridgehead atoms. The molecule has 0 aliphatic rings. The summed E-state index contributed by atoms with van der Waals surface area (Å²) in [6.07, 6.45) is 0. The Labute approximate surface area is 78.3 Å². The summed E-state index contributed by atoms with van der Waals surface area (Å²) < 4.78 is 5.49. The zero-order chi connectivity index (χ0) is 8.27. The van der Waals surface area contributed by atoms with Crippen LogP contribution in [0.5, 0.6) is 5.75 Å². The van der Waals surface area contributed by atoms with E-state index >= 15 is 0 Å². The molecule has 0 spiro atoms. The van der Waals surface area contributed by atoms with E-state index in [0.29, 0.717) is 5.75 Å². The highest BCUT2D eigenvalue weighted by Crippen LogP contribution is 2.19. The summed E-state index contributed by atoms with van der Waals surface area (Å²) in [6.45, 7) is 0. The molecule has 58 valence electrons. The van der Waals surface area contributed by atoms with Gasteiger partial charge in [-0.3, -0.25) is 0 Å². The molecule has 2 N–H and O–H groups in total. The lowest BCUT2D eigenvalue weighted by Crippen LogP contribution is -2.20. The normalized spacial score (nSPS) is 9.36. The van der Waals surface area contributed by atoms with Gasteiger partial charge in [-0.2, -0.15) is 0 Å². The summed E-state index contributed by atoms with van der Waals surface area (Å²) in [5.74, 6) is 0.475. The Morgan fingerprint density at radius 3 is 2.45 bits per heavy atom. The maximum absolute atomic E-state index is 8.46. The highest BCUT2D eigenvalue weighted by molar-refractivity contribution is 14.1. The van der Waals surface area contributed by atoms with E-state index in [4.69, 9.17) is 10.0 Å². The van der Waals surface area contributed by atoms with Crippen molar-refractivity contribution in [3.63, 3.8) is 0 Å². The zero-order valence-corrected chi connectivity index (χ0v) is 7.72. The Hall–Kier alpha value is -0.265. The molecule has 3 nitrogen and oxygen atoms in total. The van der Waals surface area contributed by atoms with Gasteiger partial charge in [0.15, 0.2) is 0 Å². The second-order valence-corrected chi connectivity index (χ2v) is 3.04. The third-order valence-electron chi connectivity index (χ3n) is 1.07. The summed E-state index contributed by atoms with van der Waals surface area (Å²) in [4.78, 5) is 0. The molecule has 0 aliphatic heterocycles. The fraction of sp³-hybridized carbons (Fsp3) is 0. The van der Waals surface area contributed by atoms with Crippen LogP contribution in [0.3, 0.4) is 0 Å². The van der Waals surface area contributed by atoms with Crippen LogP contribution in [0.4, 0.5) is 0 Å². The minimum atomic E-state index is -1.74. The third-order valence-corrected chi connectivity index (χ3v) is 1.96. The Kier molecular flexibility index (Phi) is 3.16. The number of rotatable bonds is 2. The Morgan fingerprint density at radius 1 is 1.27 bits per heavy atom. The average Bonchev–Trinajstić information content (AvgIpc) is 1.93.